The molecule has 0 spiro atoms. The van der Waals surface area contributed by atoms with Gasteiger partial charge in [-0.05, 0) is 6.07 Å². The summed E-state index contributed by atoms with van der Waals surface area (Å²) in [4.78, 5) is 9.91. The summed E-state index contributed by atoms with van der Waals surface area (Å²) in [6.07, 6.45) is 1.53. The zero-order chi connectivity index (χ0) is 8.39. The van der Waals surface area contributed by atoms with E-state index in [4.69, 9.17) is 4.42 Å². The number of hydrogen-bond acceptors (Lipinski definition) is 3. The third kappa shape index (κ3) is 0.955. The van der Waals surface area contributed by atoms with Crippen molar-refractivity contribution in [3.05, 3.63) is 30.5 Å². The van der Waals surface area contributed by atoms with Gasteiger partial charge in [0.1, 0.15) is 6.26 Å². The predicted octanol–water partition coefficient (Wildman–Crippen LogP) is 1.88. The van der Waals surface area contributed by atoms with Gasteiger partial charge >= 0.3 is 12.4 Å². The summed E-state index contributed by atoms with van der Waals surface area (Å²) in [5.74, 6) is 0.195. The highest BCUT2D eigenvalue weighted by molar-refractivity contribution is 5.86. The normalized spacial score (nSPS) is 10.0. The lowest BCUT2D eigenvalue weighted by Crippen LogP contribution is -1.85. The van der Waals surface area contributed by atoms with Gasteiger partial charge in [0.15, 0.2) is 0 Å². The summed E-state index contributed by atoms with van der Waals surface area (Å²) < 4.78 is 9.46. The largest absolute Gasteiger partial charge is 0.433 e. The molecule has 0 saturated heterocycles. The zero-order valence-electron chi connectivity index (χ0n) is 6.11. The Morgan fingerprint density at radius 3 is 3.00 bits per heavy atom. The van der Waals surface area contributed by atoms with Gasteiger partial charge in [0.05, 0.1) is 5.39 Å². The molecule has 0 fully saturated rings. The molecule has 2 aromatic rings. The molecule has 1 aromatic carbocycles. The van der Waals surface area contributed by atoms with Crippen molar-refractivity contribution in [2.24, 2.45) is 0 Å². The topological polar surface area (TPSA) is 39.4 Å². The first-order chi connectivity index (χ1) is 5.92. The Morgan fingerprint density at radius 1 is 1.33 bits per heavy atom. The Bertz CT molecular complexity index is 403. The number of carbonyl (C=O) groups excluding carboxylic acids is 1. The van der Waals surface area contributed by atoms with Crippen LogP contribution in [0.1, 0.15) is 0 Å². The fraction of sp³-hybridized carbons (Fsp3) is 0. The summed E-state index contributed by atoms with van der Waals surface area (Å²) in [5, 5.41) is 1.68. The molecule has 3 nitrogen and oxygen atoms in total. The fourth-order valence-corrected chi connectivity index (χ4v) is 1.08. The van der Waals surface area contributed by atoms with Crippen LogP contribution in [0, 0.1) is 0 Å². The minimum atomic E-state index is 0.195. The lowest BCUT2D eigenvalue weighted by atomic mass is 10.2. The monoisotopic (exact) mass is 161 g/mol. The van der Waals surface area contributed by atoms with Crippen molar-refractivity contribution in [3.8, 4) is 5.95 Å². The van der Waals surface area contributed by atoms with Crippen LogP contribution in [0.2, 0.25) is 0 Å². The molecule has 0 aliphatic carbocycles. The molecule has 1 heterocycles. The molecular weight excluding hydrogens is 156 g/mol. The van der Waals surface area contributed by atoms with E-state index in [-0.39, 0.29) is 5.95 Å². The standard InChI is InChI=1S/C9H5O3/c10-6-12-9-8-4-2-1-3-7(8)5-11-9/h1-5H. The summed E-state index contributed by atoms with van der Waals surface area (Å²) in [6, 6.07) is 7.41. The van der Waals surface area contributed by atoms with Crippen molar-refractivity contribution in [3.63, 3.8) is 0 Å². The van der Waals surface area contributed by atoms with Crippen LogP contribution >= 0.6 is 0 Å². The lowest BCUT2D eigenvalue weighted by molar-refractivity contribution is 0.358. The van der Waals surface area contributed by atoms with Crippen molar-refractivity contribution in [2.45, 2.75) is 0 Å². The Hall–Kier alpha value is -1.77. The van der Waals surface area contributed by atoms with Gasteiger partial charge < -0.3 is 9.15 Å². The van der Waals surface area contributed by atoms with Gasteiger partial charge in [-0.3, -0.25) is 0 Å². The van der Waals surface area contributed by atoms with Crippen LogP contribution in [-0.2, 0) is 4.79 Å². The lowest BCUT2D eigenvalue weighted by Gasteiger charge is -1.89. The van der Waals surface area contributed by atoms with Crippen molar-refractivity contribution in [1.29, 1.82) is 0 Å². The molecule has 0 bridgehead atoms. The maximum atomic E-state index is 9.91. The Morgan fingerprint density at radius 2 is 2.17 bits per heavy atom. The van der Waals surface area contributed by atoms with Gasteiger partial charge in [0.2, 0.25) is 0 Å². The van der Waals surface area contributed by atoms with Gasteiger partial charge in [-0.1, -0.05) is 18.2 Å². The number of rotatable bonds is 2. The van der Waals surface area contributed by atoms with Crippen LogP contribution < -0.4 is 4.74 Å². The molecule has 0 aliphatic rings. The first-order valence-corrected chi connectivity index (χ1v) is 3.42. The number of benzene rings is 1. The van der Waals surface area contributed by atoms with E-state index >= 15 is 0 Å². The molecule has 0 N–H and O–H groups in total. The average Bonchev–Trinajstić information content (AvgIpc) is 2.50. The second kappa shape index (κ2) is 2.70. The van der Waals surface area contributed by atoms with E-state index in [9.17, 15) is 4.79 Å². The maximum absolute atomic E-state index is 9.91. The summed E-state index contributed by atoms with van der Waals surface area (Å²) in [5.41, 5.74) is 0. The van der Waals surface area contributed by atoms with Gasteiger partial charge in [-0.15, -0.1) is 0 Å². The second-order valence-corrected chi connectivity index (χ2v) is 2.30. The molecule has 0 amide bonds. The summed E-state index contributed by atoms with van der Waals surface area (Å²) >= 11 is 0. The highest BCUT2D eigenvalue weighted by Gasteiger charge is 2.05. The van der Waals surface area contributed by atoms with E-state index in [0.29, 0.717) is 0 Å². The van der Waals surface area contributed by atoms with Gasteiger partial charge in [-0.25, -0.2) is 4.79 Å². The van der Waals surface area contributed by atoms with Crippen LogP contribution in [0.4, 0.5) is 0 Å². The third-order valence-corrected chi connectivity index (χ3v) is 1.61. The molecule has 0 atom stereocenters. The van der Waals surface area contributed by atoms with Crippen molar-refractivity contribution in [2.75, 3.05) is 0 Å². The Labute approximate surface area is 68.5 Å². The molecule has 59 valence electrons. The smallest absolute Gasteiger partial charge is 0.425 e. The van der Waals surface area contributed by atoms with E-state index in [1.54, 1.807) is 0 Å². The SMILES string of the molecule is O=[C]Oc1occ2ccccc12. The molecule has 12 heavy (non-hydrogen) atoms. The van der Waals surface area contributed by atoms with Gasteiger partial charge in [0, 0.05) is 5.39 Å². The molecule has 1 radical (unpaired) electrons. The number of furan rings is 1. The quantitative estimate of drug-likeness (QED) is 0.675. The van der Waals surface area contributed by atoms with Crippen LogP contribution in [-0.4, -0.2) is 6.47 Å². The molecular formula is C9H5O3. The Balaban J connectivity index is 2.62. The van der Waals surface area contributed by atoms with Crippen molar-refractivity contribution in [1.82, 2.24) is 0 Å². The zero-order valence-corrected chi connectivity index (χ0v) is 6.11. The van der Waals surface area contributed by atoms with Crippen LogP contribution in [0.3, 0.4) is 0 Å². The molecule has 0 aliphatic heterocycles. The molecule has 3 heteroatoms. The molecule has 0 saturated carbocycles. The van der Waals surface area contributed by atoms with E-state index in [1.165, 1.54) is 12.7 Å². The molecule has 0 unspecified atom stereocenters. The summed E-state index contributed by atoms with van der Waals surface area (Å²) in [7, 11) is 0. The Kier molecular flexibility index (Phi) is 1.55. The number of hydrogen-bond donors (Lipinski definition) is 0. The van der Waals surface area contributed by atoms with Crippen molar-refractivity contribution < 1.29 is 13.9 Å². The van der Waals surface area contributed by atoms with Crippen LogP contribution in [0.5, 0.6) is 5.95 Å². The van der Waals surface area contributed by atoms with Crippen LogP contribution in [0.25, 0.3) is 10.8 Å². The highest BCUT2D eigenvalue weighted by atomic mass is 16.6. The van der Waals surface area contributed by atoms with Crippen molar-refractivity contribution >= 4 is 17.2 Å². The van der Waals surface area contributed by atoms with E-state index in [1.807, 2.05) is 24.3 Å². The molecule has 2 rings (SSSR count). The van der Waals surface area contributed by atoms with E-state index < -0.39 is 0 Å². The first-order valence-electron chi connectivity index (χ1n) is 3.42. The third-order valence-electron chi connectivity index (χ3n) is 1.61. The minimum Gasteiger partial charge on any atom is -0.433 e. The summed E-state index contributed by atoms with van der Waals surface area (Å²) in [6.45, 7) is 1.32. The van der Waals surface area contributed by atoms with E-state index in [0.717, 1.165) is 10.8 Å². The number of fused-ring (bicyclic) bond motifs is 1. The van der Waals surface area contributed by atoms with Gasteiger partial charge in [-0.2, -0.15) is 0 Å². The average molecular weight is 161 g/mol. The first kappa shape index (κ1) is 6.91. The number of ether oxygens (including phenoxy) is 1. The van der Waals surface area contributed by atoms with Gasteiger partial charge in [0.25, 0.3) is 0 Å². The highest BCUT2D eigenvalue weighted by Crippen LogP contribution is 2.26. The predicted molar refractivity (Wildman–Crippen MR) is 42.5 cm³/mol. The fourth-order valence-electron chi connectivity index (χ4n) is 1.08. The second-order valence-electron chi connectivity index (χ2n) is 2.30. The molecule has 1 aromatic heterocycles. The van der Waals surface area contributed by atoms with Crippen LogP contribution in [0.15, 0.2) is 34.9 Å². The van der Waals surface area contributed by atoms with E-state index in [2.05, 4.69) is 4.74 Å². The maximum Gasteiger partial charge on any atom is 0.425 e. The minimum absolute atomic E-state index is 0.195.